The molecule has 0 amide bonds. The van der Waals surface area contributed by atoms with Gasteiger partial charge >= 0.3 is 0 Å². The first-order valence-electron chi connectivity index (χ1n) is 6.87. The Morgan fingerprint density at radius 1 is 1.11 bits per heavy atom. The highest BCUT2D eigenvalue weighted by molar-refractivity contribution is 5.78. The number of hydrogen-bond acceptors (Lipinski definition) is 1. The second-order valence-electron chi connectivity index (χ2n) is 4.50. The maximum atomic E-state index is 13.5. The summed E-state index contributed by atoms with van der Waals surface area (Å²) in [5, 5.41) is 0. The molecule has 0 aliphatic heterocycles. The first-order valence-corrected chi connectivity index (χ1v) is 6.87. The zero-order valence-electron chi connectivity index (χ0n) is 12.3. The summed E-state index contributed by atoms with van der Waals surface area (Å²) in [5.74, 6) is -1.62. The van der Waals surface area contributed by atoms with E-state index in [1.807, 2.05) is 13.8 Å². The van der Waals surface area contributed by atoms with Gasteiger partial charge in [0, 0.05) is 12.8 Å². The van der Waals surface area contributed by atoms with Crippen molar-refractivity contribution in [2.45, 2.75) is 53.4 Å². The molecule has 0 N–H and O–H groups in total. The van der Waals surface area contributed by atoms with Gasteiger partial charge in [-0.3, -0.25) is 4.79 Å². The van der Waals surface area contributed by atoms with Gasteiger partial charge in [-0.05, 0) is 43.9 Å². The number of ketones is 1. The normalized spacial score (nSPS) is 15.6. The van der Waals surface area contributed by atoms with Crippen LogP contribution in [0.25, 0.3) is 0 Å². The van der Waals surface area contributed by atoms with E-state index in [-0.39, 0.29) is 11.7 Å². The molecule has 3 heteroatoms. The van der Waals surface area contributed by atoms with Crippen LogP contribution in [0.5, 0.6) is 0 Å². The number of halogens is 2. The van der Waals surface area contributed by atoms with E-state index in [0.29, 0.717) is 18.4 Å². The molecular formula is C16H24F2O. The molecule has 0 bridgehead atoms. The van der Waals surface area contributed by atoms with Crippen LogP contribution in [-0.4, -0.2) is 5.78 Å². The quantitative estimate of drug-likeness (QED) is 0.536. The predicted octanol–water partition coefficient (Wildman–Crippen LogP) is 5.44. The topological polar surface area (TPSA) is 17.1 Å². The van der Waals surface area contributed by atoms with E-state index in [2.05, 4.69) is 0 Å². The second-order valence-corrected chi connectivity index (χ2v) is 4.50. The summed E-state index contributed by atoms with van der Waals surface area (Å²) in [6.07, 6.45) is 6.63. The molecule has 0 saturated heterocycles. The van der Waals surface area contributed by atoms with Crippen molar-refractivity contribution in [1.82, 2.24) is 0 Å². The Bertz CT molecular complexity index is 378. The fraction of sp³-hybridized carbons (Fsp3) is 0.562. The van der Waals surface area contributed by atoms with Gasteiger partial charge in [0.25, 0.3) is 0 Å². The van der Waals surface area contributed by atoms with Crippen molar-refractivity contribution < 1.29 is 13.6 Å². The van der Waals surface area contributed by atoms with Crippen molar-refractivity contribution in [2.75, 3.05) is 0 Å². The van der Waals surface area contributed by atoms with Crippen LogP contribution in [0.2, 0.25) is 0 Å². The Balaban J connectivity index is 5.11. The molecule has 108 valence electrons. The molecule has 0 fully saturated rings. The lowest BCUT2D eigenvalue weighted by Crippen LogP contribution is -2.10. The molecule has 0 saturated carbocycles. The molecule has 0 rings (SSSR count). The van der Waals surface area contributed by atoms with E-state index in [1.165, 1.54) is 13.0 Å². The van der Waals surface area contributed by atoms with Gasteiger partial charge in [0.05, 0.1) is 0 Å². The van der Waals surface area contributed by atoms with Gasteiger partial charge in [-0.1, -0.05) is 26.3 Å². The number of allylic oxidation sites excluding steroid dienone is 6. The summed E-state index contributed by atoms with van der Waals surface area (Å²) in [6.45, 7) is 7.06. The smallest absolute Gasteiger partial charge is 0.158 e. The van der Waals surface area contributed by atoms with Crippen molar-refractivity contribution in [3.63, 3.8) is 0 Å². The highest BCUT2D eigenvalue weighted by Crippen LogP contribution is 2.26. The maximum Gasteiger partial charge on any atom is 0.158 e. The van der Waals surface area contributed by atoms with Crippen LogP contribution >= 0.6 is 0 Å². The zero-order valence-corrected chi connectivity index (χ0v) is 12.3. The van der Waals surface area contributed by atoms with E-state index in [0.717, 1.165) is 18.9 Å². The molecule has 0 radical (unpaired) electrons. The Hall–Kier alpha value is -1.25. The lowest BCUT2D eigenvalue weighted by Gasteiger charge is -2.16. The number of carbonyl (C=O) groups excluding carboxylic acids is 1. The van der Waals surface area contributed by atoms with Crippen LogP contribution in [0, 0.1) is 5.92 Å². The van der Waals surface area contributed by atoms with Gasteiger partial charge in [0.15, 0.2) is 11.7 Å². The van der Waals surface area contributed by atoms with E-state index in [4.69, 9.17) is 0 Å². The molecule has 0 aromatic carbocycles. The molecule has 0 aromatic rings. The Morgan fingerprint density at radius 3 is 2.16 bits per heavy atom. The Kier molecular flexibility index (Phi) is 9.02. The second kappa shape index (κ2) is 9.65. The highest BCUT2D eigenvalue weighted by atomic mass is 19.2. The third-order valence-electron chi connectivity index (χ3n) is 3.09. The van der Waals surface area contributed by atoms with Gasteiger partial charge in [-0.25, -0.2) is 8.78 Å². The van der Waals surface area contributed by atoms with Gasteiger partial charge in [0.1, 0.15) is 5.78 Å². The van der Waals surface area contributed by atoms with Crippen LogP contribution in [0.1, 0.15) is 53.4 Å². The average Bonchev–Trinajstić information content (AvgIpc) is 2.42. The van der Waals surface area contributed by atoms with Gasteiger partial charge in [-0.2, -0.15) is 0 Å². The minimum absolute atomic E-state index is 0.0298. The first-order chi connectivity index (χ1) is 8.99. The molecule has 1 nitrogen and oxygen atoms in total. The number of hydrogen-bond donors (Lipinski definition) is 0. The Morgan fingerprint density at radius 2 is 1.74 bits per heavy atom. The summed E-state index contributed by atoms with van der Waals surface area (Å²) < 4.78 is 26.7. The van der Waals surface area contributed by atoms with Gasteiger partial charge in [0.2, 0.25) is 0 Å². The Labute approximate surface area is 115 Å². The van der Waals surface area contributed by atoms with Crippen molar-refractivity contribution in [3.05, 3.63) is 35.5 Å². The number of Topliss-reactive ketones (excluding diaryl/α,β-unsaturated/α-hetero) is 1. The summed E-state index contributed by atoms with van der Waals surface area (Å²) in [7, 11) is 0. The highest BCUT2D eigenvalue weighted by Gasteiger charge is 2.16. The molecule has 1 atom stereocenters. The van der Waals surface area contributed by atoms with Crippen LogP contribution in [-0.2, 0) is 4.79 Å². The van der Waals surface area contributed by atoms with Crippen LogP contribution in [0.4, 0.5) is 8.78 Å². The van der Waals surface area contributed by atoms with Gasteiger partial charge in [-0.15, -0.1) is 0 Å². The van der Waals surface area contributed by atoms with E-state index < -0.39 is 11.7 Å². The number of rotatable bonds is 8. The van der Waals surface area contributed by atoms with Gasteiger partial charge < -0.3 is 0 Å². The predicted molar refractivity (Wildman–Crippen MR) is 76.1 cm³/mol. The summed E-state index contributed by atoms with van der Waals surface area (Å²) in [5.41, 5.74) is 0.693. The largest absolute Gasteiger partial charge is 0.300 e. The molecule has 0 aliphatic rings. The summed E-state index contributed by atoms with van der Waals surface area (Å²) >= 11 is 0. The molecule has 19 heavy (non-hydrogen) atoms. The third kappa shape index (κ3) is 6.46. The van der Waals surface area contributed by atoms with E-state index >= 15 is 0 Å². The zero-order chi connectivity index (χ0) is 14.8. The third-order valence-corrected chi connectivity index (χ3v) is 3.09. The molecule has 0 aromatic heterocycles. The van der Waals surface area contributed by atoms with Crippen molar-refractivity contribution in [1.29, 1.82) is 0 Å². The lowest BCUT2D eigenvalue weighted by molar-refractivity contribution is -0.119. The maximum absolute atomic E-state index is 13.5. The molecule has 0 spiro atoms. The van der Waals surface area contributed by atoms with E-state index in [1.54, 1.807) is 13.0 Å². The summed E-state index contributed by atoms with van der Waals surface area (Å²) in [4.78, 5) is 11.6. The number of carbonyl (C=O) groups is 1. The molecule has 0 aliphatic carbocycles. The van der Waals surface area contributed by atoms with Crippen molar-refractivity contribution in [2.24, 2.45) is 5.92 Å². The van der Waals surface area contributed by atoms with Crippen molar-refractivity contribution >= 4 is 5.78 Å². The standard InChI is InChI=1S/C16H24F2O/c1-5-9-13(10-14(19)7-3)12(6-2)11-16(18)15(17)8-4/h6,8,11,13H,5,7,9-10H2,1-4H3/b12-6+,15-8+,16-11+. The lowest BCUT2D eigenvalue weighted by atomic mass is 9.88. The van der Waals surface area contributed by atoms with Crippen molar-refractivity contribution in [3.8, 4) is 0 Å². The van der Waals surface area contributed by atoms with Crippen LogP contribution < -0.4 is 0 Å². The average molecular weight is 270 g/mol. The molecule has 1 unspecified atom stereocenters. The van der Waals surface area contributed by atoms with Crippen LogP contribution in [0.3, 0.4) is 0 Å². The SMILES string of the molecule is C\C=C(/C=C(F)\C(F)=C/C)C(CCC)CC(=O)CC. The summed E-state index contributed by atoms with van der Waals surface area (Å²) in [6, 6.07) is 0. The fourth-order valence-corrected chi connectivity index (χ4v) is 1.94. The monoisotopic (exact) mass is 270 g/mol. The van der Waals surface area contributed by atoms with Crippen LogP contribution in [0.15, 0.2) is 35.5 Å². The molecule has 0 heterocycles. The first kappa shape index (κ1) is 17.8. The minimum atomic E-state index is -0.874. The minimum Gasteiger partial charge on any atom is -0.300 e. The fourth-order valence-electron chi connectivity index (χ4n) is 1.94. The van der Waals surface area contributed by atoms with E-state index in [9.17, 15) is 13.6 Å². The molecular weight excluding hydrogens is 246 g/mol.